The van der Waals surface area contributed by atoms with Crippen LogP contribution in [0.15, 0.2) is 0 Å². The summed E-state index contributed by atoms with van der Waals surface area (Å²) in [6, 6.07) is 0. The van der Waals surface area contributed by atoms with E-state index in [1.54, 1.807) is 0 Å². The number of esters is 2. The first-order chi connectivity index (χ1) is 6.60. The molecule has 0 amide bonds. The van der Waals surface area contributed by atoms with Gasteiger partial charge in [-0.1, -0.05) is 0 Å². The predicted octanol–water partition coefficient (Wildman–Crippen LogP) is 1.22. The Bertz CT molecular complexity index is 173. The highest BCUT2D eigenvalue weighted by Gasteiger charge is 2.08. The molecule has 0 atom stereocenters. The van der Waals surface area contributed by atoms with Gasteiger partial charge in [0, 0.05) is 12.8 Å². The fourth-order valence-electron chi connectivity index (χ4n) is 0.880. The van der Waals surface area contributed by atoms with E-state index >= 15 is 0 Å². The third kappa shape index (κ3) is 6.84. The summed E-state index contributed by atoms with van der Waals surface area (Å²) in [6.07, 6.45) is 2.53. The topological polar surface area (TPSA) is 52.6 Å². The maximum atomic E-state index is 10.8. The molecule has 0 saturated heterocycles. The molecule has 82 valence electrons. The summed E-state index contributed by atoms with van der Waals surface area (Å²) < 4.78 is 9.05. The largest absolute Gasteiger partial charge is 0.469 e. The van der Waals surface area contributed by atoms with Gasteiger partial charge in [0.05, 0.1) is 14.2 Å². The molecule has 0 aliphatic heterocycles. The molecule has 0 aromatic heterocycles. The van der Waals surface area contributed by atoms with Gasteiger partial charge in [0.2, 0.25) is 0 Å². The van der Waals surface area contributed by atoms with Crippen molar-refractivity contribution in [1.29, 1.82) is 0 Å². The van der Waals surface area contributed by atoms with Gasteiger partial charge in [-0.25, -0.2) is 0 Å². The van der Waals surface area contributed by atoms with Crippen LogP contribution in [-0.2, 0) is 19.1 Å². The Balaban J connectivity index is 3.50. The molecule has 0 saturated carbocycles. The fourth-order valence-corrected chi connectivity index (χ4v) is 2.23. The summed E-state index contributed by atoms with van der Waals surface area (Å²) in [4.78, 5) is 21.6. The quantitative estimate of drug-likeness (QED) is 0.499. The van der Waals surface area contributed by atoms with Crippen LogP contribution in [0.25, 0.3) is 0 Å². The van der Waals surface area contributed by atoms with Gasteiger partial charge < -0.3 is 9.47 Å². The summed E-state index contributed by atoms with van der Waals surface area (Å²) in [5.41, 5.74) is 0. The van der Waals surface area contributed by atoms with Crippen LogP contribution in [0.3, 0.4) is 0 Å². The molecule has 4 nitrogen and oxygen atoms in total. The van der Waals surface area contributed by atoms with Crippen molar-refractivity contribution in [2.45, 2.75) is 12.8 Å². The van der Waals surface area contributed by atoms with Crippen molar-refractivity contribution in [3.05, 3.63) is 0 Å². The lowest BCUT2D eigenvalue weighted by molar-refractivity contribution is -0.140. The van der Waals surface area contributed by atoms with Crippen LogP contribution in [0.2, 0.25) is 0 Å². The molecule has 0 aromatic rings. The van der Waals surface area contributed by atoms with Crippen LogP contribution in [0.5, 0.6) is 0 Å². The van der Waals surface area contributed by atoms with Crippen LogP contribution in [0, 0.1) is 0 Å². The molecule has 0 aliphatic carbocycles. The van der Waals surface area contributed by atoms with E-state index in [-0.39, 0.29) is 19.9 Å². The molecule has 0 heterocycles. The number of carbonyl (C=O) groups is 2. The zero-order valence-electron chi connectivity index (χ0n) is 8.91. The van der Waals surface area contributed by atoms with Gasteiger partial charge >= 0.3 is 11.9 Å². The molecule has 0 aliphatic rings. The van der Waals surface area contributed by atoms with Gasteiger partial charge in [-0.3, -0.25) is 9.59 Å². The summed E-state index contributed by atoms with van der Waals surface area (Å²) in [6.45, 7) is 2.07. The minimum atomic E-state index is -0.259. The number of ether oxygens (including phenoxy) is 2. The monoisotopic (exact) mass is 220 g/mol. The van der Waals surface area contributed by atoms with E-state index < -0.39 is 0 Å². The molecule has 0 rings (SSSR count). The van der Waals surface area contributed by atoms with Gasteiger partial charge in [0.25, 0.3) is 0 Å². The van der Waals surface area contributed by atoms with Crippen LogP contribution in [0.4, 0.5) is 0 Å². The summed E-state index contributed by atoms with van der Waals surface area (Å²) >= 11 is 0. The second-order valence-corrected chi connectivity index (χ2v) is 5.56. The van der Waals surface area contributed by atoms with Crippen molar-refractivity contribution in [3.8, 4) is 0 Å². The first-order valence-corrected chi connectivity index (χ1v) is 6.58. The Hall–Kier alpha value is -0.630. The lowest BCUT2D eigenvalue weighted by Gasteiger charge is -2.09. The van der Waals surface area contributed by atoms with E-state index in [0.717, 1.165) is 12.3 Å². The second kappa shape index (κ2) is 7.74. The van der Waals surface area contributed by atoms with Crippen molar-refractivity contribution in [3.63, 3.8) is 0 Å². The van der Waals surface area contributed by atoms with Gasteiger partial charge in [0.1, 0.15) is 0 Å². The molecule has 0 radical (unpaired) electrons. The Labute approximate surface area is 85.7 Å². The molecule has 14 heavy (non-hydrogen) atoms. The maximum Gasteiger partial charge on any atom is 0.305 e. The highest BCUT2D eigenvalue weighted by atomic mass is 31.1. The lowest BCUT2D eigenvalue weighted by atomic mass is 10.5. The average molecular weight is 220 g/mol. The predicted molar refractivity (Wildman–Crippen MR) is 55.8 cm³/mol. The first-order valence-electron chi connectivity index (χ1n) is 4.42. The van der Waals surface area contributed by atoms with Crippen molar-refractivity contribution in [2.24, 2.45) is 0 Å². The Morgan fingerprint density at radius 2 is 1.36 bits per heavy atom. The van der Waals surface area contributed by atoms with Gasteiger partial charge in [0.15, 0.2) is 0 Å². The normalized spacial score (nSPS) is 10.0. The number of hydrogen-bond donors (Lipinski definition) is 0. The number of hydrogen-bond acceptors (Lipinski definition) is 4. The zero-order chi connectivity index (χ0) is 11.0. The van der Waals surface area contributed by atoms with Crippen LogP contribution >= 0.6 is 7.92 Å². The molecule has 0 spiro atoms. The summed E-state index contributed by atoms with van der Waals surface area (Å²) in [5.74, 6) is -0.366. The van der Waals surface area contributed by atoms with E-state index in [1.165, 1.54) is 14.2 Å². The number of carbonyl (C=O) groups excluding carboxylic acids is 2. The standard InChI is InChI=1S/C9H17O4P/c1-12-8(10)4-6-14(3)7-5-9(11)13-2/h4-7H2,1-3H3. The molecule has 0 aromatic carbocycles. The second-order valence-electron chi connectivity index (χ2n) is 2.96. The highest BCUT2D eigenvalue weighted by molar-refractivity contribution is 7.56. The summed E-state index contributed by atoms with van der Waals surface area (Å²) in [7, 11) is 2.51. The number of rotatable bonds is 6. The van der Waals surface area contributed by atoms with Gasteiger partial charge in [-0.15, -0.1) is 7.92 Å². The maximum absolute atomic E-state index is 10.8. The zero-order valence-corrected chi connectivity index (χ0v) is 9.80. The van der Waals surface area contributed by atoms with Crippen LogP contribution in [-0.4, -0.2) is 45.1 Å². The van der Waals surface area contributed by atoms with Gasteiger partial charge in [-0.2, -0.15) is 0 Å². The van der Waals surface area contributed by atoms with Crippen molar-refractivity contribution < 1.29 is 19.1 Å². The Morgan fingerprint density at radius 3 is 1.64 bits per heavy atom. The molecule has 0 bridgehead atoms. The lowest BCUT2D eigenvalue weighted by Crippen LogP contribution is -2.06. The molecular weight excluding hydrogens is 203 g/mol. The van der Waals surface area contributed by atoms with Crippen molar-refractivity contribution in [1.82, 2.24) is 0 Å². The molecular formula is C9H17O4P. The molecule has 0 fully saturated rings. The average Bonchev–Trinajstić information content (AvgIpc) is 2.22. The summed E-state index contributed by atoms with van der Waals surface area (Å²) in [5, 5.41) is 0. The smallest absolute Gasteiger partial charge is 0.305 e. The van der Waals surface area contributed by atoms with Crippen molar-refractivity contribution >= 4 is 19.9 Å². The molecule has 0 unspecified atom stereocenters. The third-order valence-electron chi connectivity index (χ3n) is 1.85. The van der Waals surface area contributed by atoms with Gasteiger partial charge in [-0.05, 0) is 19.0 Å². The van der Waals surface area contributed by atoms with E-state index in [2.05, 4.69) is 16.1 Å². The van der Waals surface area contributed by atoms with Crippen LogP contribution < -0.4 is 0 Å². The SMILES string of the molecule is COC(=O)CCP(C)CCC(=O)OC. The third-order valence-corrected chi connectivity index (χ3v) is 3.82. The Morgan fingerprint density at radius 1 is 1.00 bits per heavy atom. The minimum Gasteiger partial charge on any atom is -0.469 e. The minimum absolute atomic E-state index is 0.183. The number of methoxy groups -OCH3 is 2. The molecule has 5 heteroatoms. The highest BCUT2D eigenvalue weighted by Crippen LogP contribution is 2.31. The van der Waals surface area contributed by atoms with E-state index in [1.807, 2.05) is 0 Å². The first kappa shape index (κ1) is 13.4. The van der Waals surface area contributed by atoms with Crippen LogP contribution in [0.1, 0.15) is 12.8 Å². The fraction of sp³-hybridized carbons (Fsp3) is 0.778. The Kier molecular flexibility index (Phi) is 7.40. The molecule has 0 N–H and O–H groups in total. The van der Waals surface area contributed by atoms with Crippen molar-refractivity contribution in [2.75, 3.05) is 33.2 Å². The van der Waals surface area contributed by atoms with E-state index in [4.69, 9.17) is 0 Å². The van der Waals surface area contributed by atoms with E-state index in [0.29, 0.717) is 12.8 Å². The van der Waals surface area contributed by atoms with E-state index in [9.17, 15) is 9.59 Å².